The third-order valence-corrected chi connectivity index (χ3v) is 4.37. The number of carbonyl (C=O) groups is 2. The van der Waals surface area contributed by atoms with Gasteiger partial charge in [-0.1, -0.05) is 24.3 Å². The zero-order valence-corrected chi connectivity index (χ0v) is 13.8. The van der Waals surface area contributed by atoms with E-state index >= 15 is 0 Å². The molecule has 0 radical (unpaired) electrons. The maximum absolute atomic E-state index is 13.7. The molecule has 0 bridgehead atoms. The molecule has 1 heterocycles. The zero-order valence-electron chi connectivity index (χ0n) is 13.8. The fourth-order valence-corrected chi connectivity index (χ4v) is 3.14. The van der Waals surface area contributed by atoms with Crippen molar-refractivity contribution >= 4 is 11.8 Å². The van der Waals surface area contributed by atoms with Crippen molar-refractivity contribution in [3.8, 4) is 0 Å². The predicted octanol–water partition coefficient (Wildman–Crippen LogP) is 2.73. The molecule has 0 spiro atoms. The van der Waals surface area contributed by atoms with E-state index in [-0.39, 0.29) is 24.4 Å². The Morgan fingerprint density at radius 3 is 2.76 bits per heavy atom. The monoisotopic (exact) mass is 344 g/mol. The minimum absolute atomic E-state index is 0.0619. The summed E-state index contributed by atoms with van der Waals surface area (Å²) >= 11 is 0. The summed E-state index contributed by atoms with van der Waals surface area (Å²) in [5.41, 5.74) is 1.64. The minimum Gasteiger partial charge on any atom is -0.350 e. The first-order valence-electron chi connectivity index (χ1n) is 8.10. The summed E-state index contributed by atoms with van der Waals surface area (Å²) in [6.07, 6.45) is 0.256. The van der Waals surface area contributed by atoms with Crippen LogP contribution in [0.3, 0.4) is 0 Å². The maximum atomic E-state index is 13.7. The molecule has 0 unspecified atom stereocenters. The highest BCUT2D eigenvalue weighted by Crippen LogP contribution is 2.30. The fourth-order valence-electron chi connectivity index (χ4n) is 3.14. The van der Waals surface area contributed by atoms with Gasteiger partial charge in [0.25, 0.3) is 0 Å². The number of halogens is 2. The molecule has 2 aromatic rings. The quantitative estimate of drug-likeness (QED) is 0.927. The number of nitrogens with one attached hydrogen (secondary N) is 1. The lowest BCUT2D eigenvalue weighted by molar-refractivity contribution is -0.141. The number of hydrogen-bond acceptors (Lipinski definition) is 2. The average molecular weight is 344 g/mol. The van der Waals surface area contributed by atoms with Gasteiger partial charge in [-0.3, -0.25) is 9.59 Å². The summed E-state index contributed by atoms with van der Waals surface area (Å²) in [7, 11) is 0. The fraction of sp³-hybridized carbons (Fsp3) is 0.263. The van der Waals surface area contributed by atoms with Crippen molar-refractivity contribution in [2.45, 2.75) is 25.9 Å². The number of benzene rings is 2. The van der Waals surface area contributed by atoms with Crippen LogP contribution in [-0.2, 0) is 22.6 Å². The highest BCUT2D eigenvalue weighted by molar-refractivity contribution is 5.92. The van der Waals surface area contributed by atoms with Gasteiger partial charge in [0.2, 0.25) is 11.8 Å². The van der Waals surface area contributed by atoms with Crippen molar-refractivity contribution in [2.75, 3.05) is 6.54 Å². The molecule has 4 nitrogen and oxygen atoms in total. The van der Waals surface area contributed by atoms with Gasteiger partial charge in [-0.25, -0.2) is 8.78 Å². The highest BCUT2D eigenvalue weighted by Gasteiger charge is 2.35. The highest BCUT2D eigenvalue weighted by atomic mass is 19.1. The molecule has 0 aliphatic carbocycles. The van der Waals surface area contributed by atoms with Crippen LogP contribution in [0.2, 0.25) is 0 Å². The Balaban J connectivity index is 1.84. The lowest BCUT2D eigenvalue weighted by Gasteiger charge is -2.35. The summed E-state index contributed by atoms with van der Waals surface area (Å²) in [6.45, 7) is 2.05. The van der Waals surface area contributed by atoms with Crippen LogP contribution < -0.4 is 5.32 Å². The van der Waals surface area contributed by atoms with E-state index in [1.54, 1.807) is 6.92 Å². The standard InChI is InChI=1S/C19H18F2N2O2/c1-2-23-17(24)10-12-5-3-4-6-15(12)18(23)19(25)22-11-13-9-14(20)7-8-16(13)21/h3-9,18H,2,10-11H2,1H3,(H,22,25)/t18-/m1/s1. The second kappa shape index (κ2) is 7.01. The summed E-state index contributed by atoms with van der Waals surface area (Å²) in [6, 6.07) is 9.61. The molecule has 0 aromatic heterocycles. The van der Waals surface area contributed by atoms with Crippen LogP contribution in [0.5, 0.6) is 0 Å². The van der Waals surface area contributed by atoms with Gasteiger partial charge in [-0.2, -0.15) is 0 Å². The molecule has 1 atom stereocenters. The largest absolute Gasteiger partial charge is 0.350 e. The number of amides is 2. The first-order valence-corrected chi connectivity index (χ1v) is 8.10. The van der Waals surface area contributed by atoms with Crippen LogP contribution in [0.15, 0.2) is 42.5 Å². The van der Waals surface area contributed by atoms with Gasteiger partial charge < -0.3 is 10.2 Å². The number of nitrogens with zero attached hydrogens (tertiary/aromatic N) is 1. The van der Waals surface area contributed by atoms with E-state index in [4.69, 9.17) is 0 Å². The number of rotatable bonds is 4. The second-order valence-corrected chi connectivity index (χ2v) is 5.91. The first kappa shape index (κ1) is 17.1. The van der Waals surface area contributed by atoms with Gasteiger partial charge in [-0.15, -0.1) is 0 Å². The Labute approximate surface area is 144 Å². The summed E-state index contributed by atoms with van der Waals surface area (Å²) in [4.78, 5) is 26.5. The van der Waals surface area contributed by atoms with Crippen molar-refractivity contribution in [1.82, 2.24) is 10.2 Å². The van der Waals surface area contributed by atoms with Crippen LogP contribution in [0, 0.1) is 11.6 Å². The van der Waals surface area contributed by atoms with Gasteiger partial charge >= 0.3 is 0 Å². The second-order valence-electron chi connectivity index (χ2n) is 5.91. The van der Waals surface area contributed by atoms with Crippen LogP contribution in [0.1, 0.15) is 29.7 Å². The minimum atomic E-state index is -0.765. The van der Waals surface area contributed by atoms with Crippen molar-refractivity contribution in [2.24, 2.45) is 0 Å². The predicted molar refractivity (Wildman–Crippen MR) is 88.5 cm³/mol. The van der Waals surface area contributed by atoms with Crippen molar-refractivity contribution in [3.63, 3.8) is 0 Å². The van der Waals surface area contributed by atoms with Gasteiger partial charge in [0.15, 0.2) is 0 Å². The molecule has 1 aliphatic heterocycles. The topological polar surface area (TPSA) is 49.4 Å². The van der Waals surface area contributed by atoms with E-state index in [2.05, 4.69) is 5.32 Å². The first-order chi connectivity index (χ1) is 12.0. The third kappa shape index (κ3) is 3.38. The van der Waals surface area contributed by atoms with Crippen LogP contribution in [0.4, 0.5) is 8.78 Å². The zero-order chi connectivity index (χ0) is 18.0. The molecule has 6 heteroatoms. The summed E-state index contributed by atoms with van der Waals surface area (Å²) < 4.78 is 27.0. The van der Waals surface area contributed by atoms with Gasteiger partial charge in [0.05, 0.1) is 6.42 Å². The number of fused-ring (bicyclic) bond motifs is 1. The molecule has 1 aliphatic rings. The van der Waals surface area contributed by atoms with E-state index in [1.807, 2.05) is 24.3 Å². The third-order valence-electron chi connectivity index (χ3n) is 4.37. The maximum Gasteiger partial charge on any atom is 0.247 e. The lowest BCUT2D eigenvalue weighted by Crippen LogP contribution is -2.47. The number of carbonyl (C=O) groups excluding carboxylic acids is 2. The Bertz CT molecular complexity index is 823. The number of likely N-dealkylation sites (N-methyl/N-ethyl adjacent to an activating group) is 1. The normalized spacial score (nSPS) is 16.5. The molecule has 2 aromatic carbocycles. The molecular formula is C19H18F2N2O2. The van der Waals surface area contributed by atoms with Gasteiger partial charge in [0.1, 0.15) is 17.7 Å². The van der Waals surface area contributed by atoms with Crippen LogP contribution in [-0.4, -0.2) is 23.3 Å². The summed E-state index contributed by atoms with van der Waals surface area (Å²) in [5.74, 6) is -1.70. The van der Waals surface area contributed by atoms with Gasteiger partial charge in [-0.05, 0) is 36.2 Å². The average Bonchev–Trinajstić information content (AvgIpc) is 2.61. The molecule has 3 rings (SSSR count). The molecular weight excluding hydrogens is 326 g/mol. The molecule has 2 amide bonds. The lowest BCUT2D eigenvalue weighted by atomic mass is 9.91. The Hall–Kier alpha value is -2.76. The molecule has 130 valence electrons. The smallest absolute Gasteiger partial charge is 0.247 e. The molecule has 0 saturated heterocycles. The molecule has 1 N–H and O–H groups in total. The van der Waals surface area contributed by atoms with E-state index in [9.17, 15) is 18.4 Å². The van der Waals surface area contributed by atoms with E-state index in [1.165, 1.54) is 4.90 Å². The van der Waals surface area contributed by atoms with E-state index in [0.717, 1.165) is 29.3 Å². The van der Waals surface area contributed by atoms with Crippen LogP contribution in [0.25, 0.3) is 0 Å². The van der Waals surface area contributed by atoms with Crippen molar-refractivity contribution in [1.29, 1.82) is 0 Å². The van der Waals surface area contributed by atoms with Crippen LogP contribution >= 0.6 is 0 Å². The number of hydrogen-bond donors (Lipinski definition) is 1. The van der Waals surface area contributed by atoms with E-state index < -0.39 is 23.6 Å². The Morgan fingerprint density at radius 1 is 1.24 bits per heavy atom. The van der Waals surface area contributed by atoms with Crippen molar-refractivity contribution < 1.29 is 18.4 Å². The Morgan fingerprint density at radius 2 is 2.00 bits per heavy atom. The molecule has 25 heavy (non-hydrogen) atoms. The van der Waals surface area contributed by atoms with Crippen molar-refractivity contribution in [3.05, 3.63) is 70.8 Å². The molecule has 0 saturated carbocycles. The molecule has 0 fully saturated rings. The van der Waals surface area contributed by atoms with Gasteiger partial charge in [0, 0.05) is 18.7 Å². The van der Waals surface area contributed by atoms with E-state index in [0.29, 0.717) is 6.54 Å². The Kier molecular flexibility index (Phi) is 4.79. The summed E-state index contributed by atoms with van der Waals surface area (Å²) in [5, 5.41) is 2.62. The SMILES string of the molecule is CCN1C(=O)Cc2ccccc2[C@@H]1C(=O)NCc1cc(F)ccc1F.